The van der Waals surface area contributed by atoms with Gasteiger partial charge in [-0.2, -0.15) is 0 Å². The summed E-state index contributed by atoms with van der Waals surface area (Å²) < 4.78 is 5.20. The van der Waals surface area contributed by atoms with Gasteiger partial charge >= 0.3 is 5.97 Å². The van der Waals surface area contributed by atoms with E-state index < -0.39 is 11.5 Å². The number of carbonyl (C=O) groups excluding carboxylic acids is 1. The Kier molecular flexibility index (Phi) is 3.38. The second kappa shape index (κ2) is 4.64. The van der Waals surface area contributed by atoms with Crippen LogP contribution in [0.25, 0.3) is 0 Å². The third-order valence-electron chi connectivity index (χ3n) is 3.90. The molecule has 2 heterocycles. The SMILES string of the molecule is CC1(C(=O)O)CCCCN1C(=O)C1CCOC1. The highest BCUT2D eigenvalue weighted by Crippen LogP contribution is 2.31. The predicted octanol–water partition coefficient (Wildman–Crippen LogP) is 0.879. The normalized spacial score (nSPS) is 33.7. The highest BCUT2D eigenvalue weighted by Gasteiger charge is 2.45. The summed E-state index contributed by atoms with van der Waals surface area (Å²) in [6, 6.07) is 0. The summed E-state index contributed by atoms with van der Waals surface area (Å²) in [6.07, 6.45) is 3.02. The molecule has 2 atom stereocenters. The van der Waals surface area contributed by atoms with E-state index in [1.54, 1.807) is 11.8 Å². The van der Waals surface area contributed by atoms with Crippen molar-refractivity contribution in [3.8, 4) is 0 Å². The van der Waals surface area contributed by atoms with Gasteiger partial charge in [-0.15, -0.1) is 0 Å². The van der Waals surface area contributed by atoms with Crippen molar-refractivity contribution in [2.24, 2.45) is 5.92 Å². The minimum absolute atomic E-state index is 0.0490. The number of aliphatic carboxylic acids is 1. The molecule has 2 unspecified atom stereocenters. The Hall–Kier alpha value is -1.10. The monoisotopic (exact) mass is 241 g/mol. The van der Waals surface area contributed by atoms with Crippen LogP contribution in [-0.2, 0) is 14.3 Å². The highest BCUT2D eigenvalue weighted by atomic mass is 16.5. The maximum Gasteiger partial charge on any atom is 0.329 e. The van der Waals surface area contributed by atoms with E-state index in [2.05, 4.69) is 0 Å². The first kappa shape index (κ1) is 12.4. The largest absolute Gasteiger partial charge is 0.480 e. The van der Waals surface area contributed by atoms with Gasteiger partial charge in [0.2, 0.25) is 5.91 Å². The first-order valence-electron chi connectivity index (χ1n) is 6.18. The van der Waals surface area contributed by atoms with Crippen molar-refractivity contribution in [2.75, 3.05) is 19.8 Å². The van der Waals surface area contributed by atoms with Crippen LogP contribution in [-0.4, -0.2) is 47.2 Å². The molecule has 96 valence electrons. The topological polar surface area (TPSA) is 66.8 Å². The number of rotatable bonds is 2. The molecule has 0 aromatic carbocycles. The third kappa shape index (κ3) is 2.16. The van der Waals surface area contributed by atoms with E-state index in [1.807, 2.05) is 0 Å². The molecule has 1 amide bonds. The van der Waals surface area contributed by atoms with E-state index in [4.69, 9.17) is 4.74 Å². The zero-order valence-electron chi connectivity index (χ0n) is 10.1. The maximum absolute atomic E-state index is 12.3. The number of piperidine rings is 1. The Bertz CT molecular complexity index is 324. The number of carboxylic acid groups (broad SMARTS) is 1. The van der Waals surface area contributed by atoms with Crippen LogP contribution in [0.5, 0.6) is 0 Å². The molecule has 0 saturated carbocycles. The molecular weight excluding hydrogens is 222 g/mol. The van der Waals surface area contributed by atoms with Gasteiger partial charge in [-0.1, -0.05) is 0 Å². The van der Waals surface area contributed by atoms with E-state index in [9.17, 15) is 14.7 Å². The van der Waals surface area contributed by atoms with Crippen molar-refractivity contribution >= 4 is 11.9 Å². The predicted molar refractivity (Wildman–Crippen MR) is 60.5 cm³/mol. The summed E-state index contributed by atoms with van der Waals surface area (Å²) in [6.45, 7) is 3.25. The molecule has 5 nitrogen and oxygen atoms in total. The molecule has 0 aromatic rings. The molecule has 5 heteroatoms. The lowest BCUT2D eigenvalue weighted by atomic mass is 9.87. The fourth-order valence-corrected chi connectivity index (χ4v) is 2.65. The van der Waals surface area contributed by atoms with Crippen molar-refractivity contribution in [1.82, 2.24) is 4.90 Å². The molecule has 0 radical (unpaired) electrons. The van der Waals surface area contributed by atoms with E-state index in [0.29, 0.717) is 32.6 Å². The number of amides is 1. The van der Waals surface area contributed by atoms with E-state index in [-0.39, 0.29) is 11.8 Å². The van der Waals surface area contributed by atoms with Crippen LogP contribution in [0.4, 0.5) is 0 Å². The lowest BCUT2D eigenvalue weighted by Crippen LogP contribution is -2.58. The first-order chi connectivity index (χ1) is 8.05. The molecular formula is C12H19NO4. The average Bonchev–Trinajstić information content (AvgIpc) is 2.82. The Morgan fingerprint density at radius 1 is 1.41 bits per heavy atom. The van der Waals surface area contributed by atoms with E-state index in [0.717, 1.165) is 12.8 Å². The van der Waals surface area contributed by atoms with Crippen molar-refractivity contribution in [2.45, 2.75) is 38.1 Å². The summed E-state index contributed by atoms with van der Waals surface area (Å²) in [7, 11) is 0. The van der Waals surface area contributed by atoms with Gasteiger partial charge in [-0.3, -0.25) is 4.79 Å². The number of nitrogens with zero attached hydrogens (tertiary/aromatic N) is 1. The highest BCUT2D eigenvalue weighted by molar-refractivity contribution is 5.88. The van der Waals surface area contributed by atoms with Gasteiger partial charge in [0, 0.05) is 13.2 Å². The molecule has 1 N–H and O–H groups in total. The standard InChI is InChI=1S/C12H19NO4/c1-12(11(15)16)5-2-3-6-13(12)10(14)9-4-7-17-8-9/h9H,2-8H2,1H3,(H,15,16). The molecule has 2 rings (SSSR count). The Balaban J connectivity index is 2.15. The second-order valence-corrected chi connectivity index (χ2v) is 5.09. The molecule has 17 heavy (non-hydrogen) atoms. The zero-order chi connectivity index (χ0) is 12.5. The van der Waals surface area contributed by atoms with Crippen LogP contribution >= 0.6 is 0 Å². The second-order valence-electron chi connectivity index (χ2n) is 5.09. The van der Waals surface area contributed by atoms with Crippen LogP contribution in [0.2, 0.25) is 0 Å². The lowest BCUT2D eigenvalue weighted by Gasteiger charge is -2.42. The average molecular weight is 241 g/mol. The number of hydrogen-bond donors (Lipinski definition) is 1. The van der Waals surface area contributed by atoms with Gasteiger partial charge in [0.25, 0.3) is 0 Å². The molecule has 0 aromatic heterocycles. The number of carbonyl (C=O) groups is 2. The quantitative estimate of drug-likeness (QED) is 0.779. The smallest absolute Gasteiger partial charge is 0.329 e. The summed E-state index contributed by atoms with van der Waals surface area (Å²) in [4.78, 5) is 25.2. The minimum atomic E-state index is -1.03. The van der Waals surface area contributed by atoms with Gasteiger partial charge in [-0.25, -0.2) is 4.79 Å². The van der Waals surface area contributed by atoms with Crippen LogP contribution in [0.1, 0.15) is 32.6 Å². The van der Waals surface area contributed by atoms with Gasteiger partial charge in [0.15, 0.2) is 0 Å². The van der Waals surface area contributed by atoms with Crippen LogP contribution in [0, 0.1) is 5.92 Å². The fraction of sp³-hybridized carbons (Fsp3) is 0.833. The van der Waals surface area contributed by atoms with Crippen LogP contribution in [0.15, 0.2) is 0 Å². The summed E-state index contributed by atoms with van der Waals surface area (Å²) in [5, 5.41) is 9.33. The van der Waals surface area contributed by atoms with Crippen LogP contribution < -0.4 is 0 Å². The Morgan fingerprint density at radius 2 is 2.18 bits per heavy atom. The molecule has 2 saturated heterocycles. The molecule has 0 aliphatic carbocycles. The van der Waals surface area contributed by atoms with Gasteiger partial charge in [0.1, 0.15) is 5.54 Å². The maximum atomic E-state index is 12.3. The Morgan fingerprint density at radius 3 is 2.76 bits per heavy atom. The third-order valence-corrected chi connectivity index (χ3v) is 3.90. The molecule has 2 fully saturated rings. The molecule has 2 aliphatic heterocycles. The van der Waals surface area contributed by atoms with E-state index >= 15 is 0 Å². The number of ether oxygens (including phenoxy) is 1. The first-order valence-corrected chi connectivity index (χ1v) is 6.18. The van der Waals surface area contributed by atoms with Crippen LogP contribution in [0.3, 0.4) is 0 Å². The summed E-state index contributed by atoms with van der Waals surface area (Å²) >= 11 is 0. The van der Waals surface area contributed by atoms with Gasteiger partial charge in [-0.05, 0) is 32.6 Å². The van der Waals surface area contributed by atoms with Gasteiger partial charge < -0.3 is 14.7 Å². The van der Waals surface area contributed by atoms with Crippen molar-refractivity contribution in [3.05, 3.63) is 0 Å². The fourth-order valence-electron chi connectivity index (χ4n) is 2.65. The van der Waals surface area contributed by atoms with Crippen molar-refractivity contribution in [3.63, 3.8) is 0 Å². The van der Waals surface area contributed by atoms with Crippen molar-refractivity contribution in [1.29, 1.82) is 0 Å². The number of likely N-dealkylation sites (tertiary alicyclic amines) is 1. The molecule has 2 aliphatic rings. The number of hydrogen-bond acceptors (Lipinski definition) is 3. The van der Waals surface area contributed by atoms with Gasteiger partial charge in [0.05, 0.1) is 12.5 Å². The summed E-state index contributed by atoms with van der Waals surface area (Å²) in [5.74, 6) is -1.09. The molecule has 0 spiro atoms. The number of carboxylic acids is 1. The Labute approximate surface area is 101 Å². The summed E-state index contributed by atoms with van der Waals surface area (Å²) in [5.41, 5.74) is -1.03. The minimum Gasteiger partial charge on any atom is -0.480 e. The van der Waals surface area contributed by atoms with Crippen molar-refractivity contribution < 1.29 is 19.4 Å². The zero-order valence-corrected chi connectivity index (χ0v) is 10.1. The van der Waals surface area contributed by atoms with E-state index in [1.165, 1.54) is 0 Å². The lowest BCUT2D eigenvalue weighted by molar-refractivity contribution is -0.162. The molecule has 0 bridgehead atoms.